The molecular weight excluding hydrogens is 398 g/mol. The van der Waals surface area contributed by atoms with Crippen LogP contribution in [0.2, 0.25) is 5.15 Å². The van der Waals surface area contributed by atoms with E-state index < -0.39 is 9.84 Å². The fourth-order valence-electron chi connectivity index (χ4n) is 3.87. The highest BCUT2D eigenvalue weighted by atomic mass is 35.5. The molecule has 1 aliphatic rings. The molecule has 0 atom stereocenters. The van der Waals surface area contributed by atoms with Gasteiger partial charge in [0.05, 0.1) is 23.4 Å². The summed E-state index contributed by atoms with van der Waals surface area (Å²) in [6.07, 6.45) is 8.14. The summed E-state index contributed by atoms with van der Waals surface area (Å²) in [7, 11) is 1.13. The number of aryl methyl sites for hydroxylation is 1. The van der Waals surface area contributed by atoms with Crippen molar-refractivity contribution in [2.24, 2.45) is 7.05 Å². The van der Waals surface area contributed by atoms with E-state index in [4.69, 9.17) is 11.6 Å². The lowest BCUT2D eigenvalue weighted by molar-refractivity contribution is 0.229. The predicted octanol–water partition coefficient (Wildman–Crippen LogP) is 2.46. The molecule has 0 aromatic carbocycles. The lowest BCUT2D eigenvalue weighted by Gasteiger charge is -2.31. The quantitative estimate of drug-likeness (QED) is 0.592. The Hall–Kier alpha value is -1.90. The molecule has 4 heterocycles. The number of sulfone groups is 1. The first-order valence-corrected chi connectivity index (χ1v) is 11.6. The molecule has 150 valence electrons. The zero-order valence-corrected chi connectivity index (χ0v) is 17.6. The van der Waals surface area contributed by atoms with Gasteiger partial charge in [0.15, 0.2) is 0 Å². The van der Waals surface area contributed by atoms with Crippen molar-refractivity contribution >= 4 is 32.5 Å². The zero-order chi connectivity index (χ0) is 19.9. The first-order valence-electron chi connectivity index (χ1n) is 9.38. The van der Waals surface area contributed by atoms with Gasteiger partial charge in [-0.15, -0.1) is 0 Å². The summed E-state index contributed by atoms with van der Waals surface area (Å²) in [6.45, 7) is 0.861. The van der Waals surface area contributed by atoms with Crippen LogP contribution in [0.1, 0.15) is 18.4 Å². The van der Waals surface area contributed by atoms with Gasteiger partial charge in [-0.3, -0.25) is 9.25 Å². The Bertz CT molecular complexity index is 1090. The molecule has 1 aliphatic heterocycles. The molecule has 3 aromatic heterocycles. The highest BCUT2D eigenvalue weighted by Crippen LogP contribution is 2.26. The summed E-state index contributed by atoms with van der Waals surface area (Å²) in [5, 5.41) is 5.79. The molecule has 4 rings (SSSR count). The summed E-state index contributed by atoms with van der Waals surface area (Å²) in [4.78, 5) is 6.81. The van der Waals surface area contributed by atoms with Gasteiger partial charge in [0.2, 0.25) is 0 Å². The monoisotopic (exact) mass is 421 g/mol. The molecule has 0 amide bonds. The summed E-state index contributed by atoms with van der Waals surface area (Å²) < 4.78 is 27.1. The molecular formula is C19H24ClN5O2S. The molecule has 0 N–H and O–H groups in total. The Balaban J connectivity index is 1.56. The van der Waals surface area contributed by atoms with Gasteiger partial charge in [-0.05, 0) is 44.0 Å². The van der Waals surface area contributed by atoms with E-state index in [9.17, 15) is 8.42 Å². The molecule has 0 aliphatic carbocycles. The first-order chi connectivity index (χ1) is 13.3. The van der Waals surface area contributed by atoms with E-state index in [2.05, 4.69) is 28.2 Å². The largest absolute Gasteiger partial charge is 0.303 e. The smallest absolute Gasteiger partial charge is 0.150 e. The fraction of sp³-hybridized carbons (Fsp3) is 0.474. The minimum Gasteiger partial charge on any atom is -0.303 e. The molecule has 0 saturated carbocycles. The van der Waals surface area contributed by atoms with Crippen LogP contribution in [0.4, 0.5) is 0 Å². The second-order valence-electron chi connectivity index (χ2n) is 7.52. The Kier molecular flexibility index (Phi) is 5.20. The maximum absolute atomic E-state index is 11.7. The van der Waals surface area contributed by atoms with E-state index in [0.29, 0.717) is 35.5 Å². The number of fused-ring (bicyclic) bond motifs is 1. The van der Waals surface area contributed by atoms with Crippen LogP contribution in [0, 0.1) is 0 Å². The molecule has 7 nitrogen and oxygen atoms in total. The Morgan fingerprint density at radius 3 is 2.68 bits per heavy atom. The minimum absolute atomic E-state index is 0.296. The van der Waals surface area contributed by atoms with Crippen molar-refractivity contribution in [3.8, 4) is 5.69 Å². The predicted molar refractivity (Wildman–Crippen MR) is 111 cm³/mol. The van der Waals surface area contributed by atoms with Crippen LogP contribution in [-0.4, -0.2) is 63.8 Å². The van der Waals surface area contributed by atoms with E-state index in [1.807, 2.05) is 29.9 Å². The van der Waals surface area contributed by atoms with Crippen molar-refractivity contribution in [3.63, 3.8) is 0 Å². The van der Waals surface area contributed by atoms with E-state index in [0.717, 1.165) is 29.7 Å². The third-order valence-corrected chi connectivity index (χ3v) is 7.48. The first kappa shape index (κ1) is 19.4. The summed E-state index contributed by atoms with van der Waals surface area (Å²) >= 11 is 6.14. The summed E-state index contributed by atoms with van der Waals surface area (Å²) in [6, 6.07) is 4.15. The topological polar surface area (TPSA) is 73.0 Å². The van der Waals surface area contributed by atoms with Gasteiger partial charge in [-0.2, -0.15) is 5.10 Å². The average molecular weight is 422 g/mol. The number of likely N-dealkylation sites (N-methyl/N-ethyl adjacent to an activating group) is 1. The van der Waals surface area contributed by atoms with E-state index in [1.165, 1.54) is 5.56 Å². The number of pyridine rings is 1. The maximum Gasteiger partial charge on any atom is 0.150 e. The second-order valence-corrected chi connectivity index (χ2v) is 10.2. The molecule has 0 spiro atoms. The van der Waals surface area contributed by atoms with Gasteiger partial charge in [-0.1, -0.05) is 11.6 Å². The Labute approximate surface area is 169 Å². The van der Waals surface area contributed by atoms with Crippen molar-refractivity contribution in [1.82, 2.24) is 24.2 Å². The summed E-state index contributed by atoms with van der Waals surface area (Å²) in [5.74, 6) is 0.593. The van der Waals surface area contributed by atoms with Gasteiger partial charge in [0.25, 0.3) is 0 Å². The van der Waals surface area contributed by atoms with Crippen molar-refractivity contribution in [2.45, 2.75) is 25.3 Å². The van der Waals surface area contributed by atoms with Gasteiger partial charge in [0.1, 0.15) is 20.6 Å². The molecule has 1 saturated heterocycles. The van der Waals surface area contributed by atoms with Crippen LogP contribution in [-0.2, 0) is 23.3 Å². The van der Waals surface area contributed by atoms with Crippen molar-refractivity contribution < 1.29 is 8.42 Å². The van der Waals surface area contributed by atoms with Crippen LogP contribution in [0.15, 0.2) is 30.7 Å². The minimum atomic E-state index is -2.83. The second kappa shape index (κ2) is 7.50. The maximum atomic E-state index is 11.7. The lowest BCUT2D eigenvalue weighted by atomic mass is 10.1. The average Bonchev–Trinajstić information content (AvgIpc) is 3.23. The molecule has 28 heavy (non-hydrogen) atoms. The molecule has 9 heteroatoms. The fourth-order valence-corrected chi connectivity index (χ4v) is 5.48. The SMILES string of the molecule is CN(CCc1cn(-c2cnn(C)c2)c2nc(Cl)ccc12)C1CCS(=O)(=O)CC1. The Morgan fingerprint density at radius 1 is 1.25 bits per heavy atom. The van der Waals surface area contributed by atoms with E-state index in [1.54, 1.807) is 10.9 Å². The van der Waals surface area contributed by atoms with Gasteiger partial charge in [0, 0.05) is 37.4 Å². The van der Waals surface area contributed by atoms with Crippen molar-refractivity contribution in [2.75, 3.05) is 25.1 Å². The van der Waals surface area contributed by atoms with Crippen LogP contribution in [0.25, 0.3) is 16.7 Å². The van der Waals surface area contributed by atoms with E-state index >= 15 is 0 Å². The number of halogens is 1. The zero-order valence-electron chi connectivity index (χ0n) is 16.0. The molecule has 1 fully saturated rings. The number of rotatable bonds is 5. The van der Waals surface area contributed by atoms with Crippen LogP contribution in [0.3, 0.4) is 0 Å². The lowest BCUT2D eigenvalue weighted by Crippen LogP contribution is -2.39. The normalized spacial score (nSPS) is 17.6. The summed E-state index contributed by atoms with van der Waals surface area (Å²) in [5.41, 5.74) is 2.96. The van der Waals surface area contributed by atoms with Crippen LogP contribution < -0.4 is 0 Å². The number of hydrogen-bond acceptors (Lipinski definition) is 5. The Morgan fingerprint density at radius 2 is 2.00 bits per heavy atom. The highest BCUT2D eigenvalue weighted by Gasteiger charge is 2.26. The third-order valence-electron chi connectivity index (χ3n) is 5.55. The highest BCUT2D eigenvalue weighted by molar-refractivity contribution is 7.91. The number of hydrogen-bond donors (Lipinski definition) is 0. The van der Waals surface area contributed by atoms with Gasteiger partial charge < -0.3 is 4.90 Å². The standard InChI is InChI=1S/C19H24ClN5O2S/c1-23(15-6-9-28(26,27)10-7-15)8-5-14-12-25(16-11-21-24(2)13-16)19-17(14)3-4-18(20)22-19/h3-4,11-13,15H,5-10H2,1-2H3. The van der Waals surface area contributed by atoms with Crippen molar-refractivity contribution in [3.05, 3.63) is 41.4 Å². The van der Waals surface area contributed by atoms with E-state index in [-0.39, 0.29) is 0 Å². The van der Waals surface area contributed by atoms with Gasteiger partial charge >= 0.3 is 0 Å². The van der Waals surface area contributed by atoms with Gasteiger partial charge in [-0.25, -0.2) is 13.4 Å². The molecule has 0 unspecified atom stereocenters. The van der Waals surface area contributed by atoms with Crippen LogP contribution >= 0.6 is 11.6 Å². The van der Waals surface area contributed by atoms with Crippen LogP contribution in [0.5, 0.6) is 0 Å². The molecule has 3 aromatic rings. The number of nitrogens with zero attached hydrogens (tertiary/aromatic N) is 5. The third kappa shape index (κ3) is 3.94. The molecule has 0 bridgehead atoms. The number of aromatic nitrogens is 4. The molecule has 0 radical (unpaired) electrons. The van der Waals surface area contributed by atoms with Crippen molar-refractivity contribution in [1.29, 1.82) is 0 Å².